The third-order valence-electron chi connectivity index (χ3n) is 3.38. The van der Waals surface area contributed by atoms with Crippen molar-refractivity contribution in [2.75, 3.05) is 7.11 Å². The van der Waals surface area contributed by atoms with Crippen molar-refractivity contribution in [3.63, 3.8) is 0 Å². The summed E-state index contributed by atoms with van der Waals surface area (Å²) >= 11 is 0. The van der Waals surface area contributed by atoms with Crippen LogP contribution in [0.4, 0.5) is 0 Å². The fourth-order valence-corrected chi connectivity index (χ4v) is 2.15. The van der Waals surface area contributed by atoms with Gasteiger partial charge in [-0.25, -0.2) is 4.79 Å². The molecule has 1 saturated carbocycles. The summed E-state index contributed by atoms with van der Waals surface area (Å²) in [6.07, 6.45) is 2.60. The number of ether oxygens (including phenoxy) is 1. The Morgan fingerprint density at radius 3 is 2.33 bits per heavy atom. The van der Waals surface area contributed by atoms with Crippen LogP contribution in [0.3, 0.4) is 0 Å². The van der Waals surface area contributed by atoms with Gasteiger partial charge >= 0.3 is 5.97 Å². The topological polar surface area (TPSA) is 26.3 Å². The lowest BCUT2D eigenvalue weighted by atomic mass is 9.71. The second kappa shape index (κ2) is 4.05. The maximum absolute atomic E-state index is 11.2. The number of carbonyl (C=O) groups excluding carboxylic acids is 1. The third-order valence-corrected chi connectivity index (χ3v) is 3.38. The Labute approximate surface area is 90.3 Å². The van der Waals surface area contributed by atoms with Crippen molar-refractivity contribution >= 4 is 5.97 Å². The van der Waals surface area contributed by atoms with Crippen LogP contribution in [-0.2, 0) is 4.74 Å². The second-order valence-electron chi connectivity index (χ2n) is 4.27. The molecule has 1 aliphatic rings. The van der Waals surface area contributed by atoms with Crippen LogP contribution in [0, 0.1) is 5.92 Å². The number of rotatable bonds is 2. The molecule has 1 aliphatic carbocycles. The molecule has 0 heterocycles. The van der Waals surface area contributed by atoms with Crippen molar-refractivity contribution < 1.29 is 9.53 Å². The van der Waals surface area contributed by atoms with E-state index in [1.54, 1.807) is 0 Å². The Kier molecular flexibility index (Phi) is 2.76. The standard InChI is InChI=1S/C13H16O2/c1-9-3-8-12(9)10-4-6-11(7-5-10)13(14)15-2/h4-7,9,12H,3,8H2,1-2H3/t9-,12-/m0/s1. The molecule has 1 aromatic carbocycles. The first-order valence-corrected chi connectivity index (χ1v) is 5.40. The molecule has 1 fully saturated rings. The van der Waals surface area contributed by atoms with E-state index in [0.717, 1.165) is 5.92 Å². The first-order chi connectivity index (χ1) is 7.22. The minimum atomic E-state index is -0.261. The Morgan fingerprint density at radius 2 is 1.93 bits per heavy atom. The van der Waals surface area contributed by atoms with E-state index in [9.17, 15) is 4.79 Å². The highest BCUT2D eigenvalue weighted by Gasteiger charge is 2.27. The van der Waals surface area contributed by atoms with Gasteiger partial charge in [0.05, 0.1) is 12.7 Å². The molecular formula is C13H16O2. The van der Waals surface area contributed by atoms with Crippen molar-refractivity contribution in [2.24, 2.45) is 5.92 Å². The quantitative estimate of drug-likeness (QED) is 0.692. The van der Waals surface area contributed by atoms with Gasteiger partial charge in [0.15, 0.2) is 0 Å². The third kappa shape index (κ3) is 1.89. The second-order valence-corrected chi connectivity index (χ2v) is 4.27. The van der Waals surface area contributed by atoms with E-state index in [1.807, 2.05) is 24.3 Å². The maximum atomic E-state index is 11.2. The van der Waals surface area contributed by atoms with E-state index in [1.165, 1.54) is 25.5 Å². The van der Waals surface area contributed by atoms with Gasteiger partial charge in [0, 0.05) is 0 Å². The first-order valence-electron chi connectivity index (χ1n) is 5.40. The molecule has 0 bridgehead atoms. The molecule has 15 heavy (non-hydrogen) atoms. The van der Waals surface area contributed by atoms with Crippen molar-refractivity contribution in [1.82, 2.24) is 0 Å². The molecule has 0 spiro atoms. The van der Waals surface area contributed by atoms with Crippen molar-refractivity contribution in [1.29, 1.82) is 0 Å². The number of hydrogen-bond acceptors (Lipinski definition) is 2. The molecule has 0 radical (unpaired) electrons. The summed E-state index contributed by atoms with van der Waals surface area (Å²) in [5, 5.41) is 0. The number of hydrogen-bond donors (Lipinski definition) is 0. The molecular weight excluding hydrogens is 188 g/mol. The minimum absolute atomic E-state index is 0.261. The zero-order valence-electron chi connectivity index (χ0n) is 9.19. The first kappa shape index (κ1) is 10.2. The van der Waals surface area contributed by atoms with Gasteiger partial charge in [0.25, 0.3) is 0 Å². The molecule has 2 rings (SSSR count). The van der Waals surface area contributed by atoms with Gasteiger partial charge in [-0.2, -0.15) is 0 Å². The van der Waals surface area contributed by atoms with Crippen molar-refractivity contribution in [3.8, 4) is 0 Å². The van der Waals surface area contributed by atoms with Crippen LogP contribution < -0.4 is 0 Å². The lowest BCUT2D eigenvalue weighted by molar-refractivity contribution is 0.0600. The van der Waals surface area contributed by atoms with Gasteiger partial charge in [-0.05, 0) is 42.4 Å². The molecule has 0 aliphatic heterocycles. The monoisotopic (exact) mass is 204 g/mol. The molecule has 0 unspecified atom stereocenters. The highest BCUT2D eigenvalue weighted by atomic mass is 16.5. The van der Waals surface area contributed by atoms with E-state index >= 15 is 0 Å². The molecule has 80 valence electrons. The summed E-state index contributed by atoms with van der Waals surface area (Å²) in [4.78, 5) is 11.2. The van der Waals surface area contributed by atoms with Gasteiger partial charge < -0.3 is 4.74 Å². The van der Waals surface area contributed by atoms with Crippen LogP contribution in [0.5, 0.6) is 0 Å². The average Bonchev–Trinajstić information content (AvgIpc) is 2.27. The van der Waals surface area contributed by atoms with Crippen LogP contribution in [0.15, 0.2) is 24.3 Å². The van der Waals surface area contributed by atoms with Crippen LogP contribution >= 0.6 is 0 Å². The average molecular weight is 204 g/mol. The van der Waals surface area contributed by atoms with E-state index < -0.39 is 0 Å². The Morgan fingerprint density at radius 1 is 1.27 bits per heavy atom. The molecule has 0 N–H and O–H groups in total. The summed E-state index contributed by atoms with van der Waals surface area (Å²) in [5.74, 6) is 1.22. The van der Waals surface area contributed by atoms with Gasteiger partial charge in [0.1, 0.15) is 0 Å². The number of benzene rings is 1. The van der Waals surface area contributed by atoms with Crippen LogP contribution in [0.1, 0.15) is 41.6 Å². The summed E-state index contributed by atoms with van der Waals surface area (Å²) in [7, 11) is 1.41. The van der Waals surface area contributed by atoms with E-state index in [4.69, 9.17) is 0 Å². The molecule has 0 amide bonds. The highest BCUT2D eigenvalue weighted by Crippen LogP contribution is 2.41. The normalized spacial score (nSPS) is 24.4. The molecule has 0 aromatic heterocycles. The van der Waals surface area contributed by atoms with Crippen LogP contribution in [0.25, 0.3) is 0 Å². The fourth-order valence-electron chi connectivity index (χ4n) is 2.15. The zero-order valence-corrected chi connectivity index (χ0v) is 9.19. The predicted octanol–water partition coefficient (Wildman–Crippen LogP) is 2.99. The SMILES string of the molecule is COC(=O)c1ccc([C@H]2CC[C@@H]2C)cc1. The number of esters is 1. The lowest BCUT2D eigenvalue weighted by Gasteiger charge is -2.34. The van der Waals surface area contributed by atoms with Crippen molar-refractivity contribution in [2.45, 2.75) is 25.7 Å². The van der Waals surface area contributed by atoms with Gasteiger partial charge in [-0.15, -0.1) is 0 Å². The Hall–Kier alpha value is -1.31. The van der Waals surface area contributed by atoms with Crippen LogP contribution in [-0.4, -0.2) is 13.1 Å². The summed E-state index contributed by atoms with van der Waals surface area (Å²) in [5.41, 5.74) is 1.98. The number of carbonyl (C=O) groups is 1. The molecule has 0 saturated heterocycles. The van der Waals surface area contributed by atoms with E-state index in [0.29, 0.717) is 11.5 Å². The predicted molar refractivity (Wildman–Crippen MR) is 58.9 cm³/mol. The van der Waals surface area contributed by atoms with Crippen molar-refractivity contribution in [3.05, 3.63) is 35.4 Å². The summed E-state index contributed by atoms with van der Waals surface area (Å²) in [6, 6.07) is 7.80. The van der Waals surface area contributed by atoms with E-state index in [-0.39, 0.29) is 5.97 Å². The Bertz CT molecular complexity index is 353. The summed E-state index contributed by atoms with van der Waals surface area (Å²) < 4.78 is 4.66. The summed E-state index contributed by atoms with van der Waals surface area (Å²) in [6.45, 7) is 2.28. The number of methoxy groups -OCH3 is 1. The zero-order chi connectivity index (χ0) is 10.8. The highest BCUT2D eigenvalue weighted by molar-refractivity contribution is 5.89. The fraction of sp³-hybridized carbons (Fsp3) is 0.462. The molecule has 2 atom stereocenters. The molecule has 1 aromatic rings. The largest absolute Gasteiger partial charge is 0.465 e. The van der Waals surface area contributed by atoms with E-state index in [2.05, 4.69) is 11.7 Å². The lowest BCUT2D eigenvalue weighted by Crippen LogP contribution is -2.20. The Balaban J connectivity index is 2.13. The minimum Gasteiger partial charge on any atom is -0.465 e. The van der Waals surface area contributed by atoms with Gasteiger partial charge in [0.2, 0.25) is 0 Å². The maximum Gasteiger partial charge on any atom is 0.337 e. The van der Waals surface area contributed by atoms with Gasteiger partial charge in [-0.3, -0.25) is 0 Å². The smallest absolute Gasteiger partial charge is 0.337 e. The van der Waals surface area contributed by atoms with Gasteiger partial charge in [-0.1, -0.05) is 19.1 Å². The molecule has 2 nitrogen and oxygen atoms in total. The van der Waals surface area contributed by atoms with Crippen LogP contribution in [0.2, 0.25) is 0 Å². The molecule has 2 heteroatoms.